The zero-order valence-electron chi connectivity index (χ0n) is 11.3. The molecule has 0 saturated carbocycles. The van der Waals surface area contributed by atoms with E-state index in [9.17, 15) is 5.11 Å². The van der Waals surface area contributed by atoms with Crippen molar-refractivity contribution in [2.45, 2.75) is 37.9 Å². The molecule has 1 fully saturated rings. The Labute approximate surface area is 108 Å². The fraction of sp³-hybridized carbons (Fsp3) is 0.600. The van der Waals surface area contributed by atoms with Crippen LogP contribution in [0.4, 0.5) is 0 Å². The number of hydrogen-bond donors (Lipinski definition) is 1. The Balaban J connectivity index is 2.09. The van der Waals surface area contributed by atoms with E-state index in [1.54, 1.807) is 6.07 Å². The van der Waals surface area contributed by atoms with Crippen LogP contribution in [0.15, 0.2) is 18.2 Å². The van der Waals surface area contributed by atoms with Crippen LogP contribution in [0.5, 0.6) is 5.75 Å². The number of fused-ring (bicyclic) bond motifs is 3. The predicted molar refractivity (Wildman–Crippen MR) is 70.9 cm³/mol. The Morgan fingerprint density at radius 1 is 1.39 bits per heavy atom. The quantitative estimate of drug-likeness (QED) is 0.764. The molecule has 1 aromatic carbocycles. The van der Waals surface area contributed by atoms with Gasteiger partial charge in [-0.05, 0) is 50.6 Å². The van der Waals surface area contributed by atoms with E-state index in [0.717, 1.165) is 19.5 Å². The maximum atomic E-state index is 9.76. The van der Waals surface area contributed by atoms with Gasteiger partial charge in [-0.15, -0.1) is 0 Å². The number of benzene rings is 1. The van der Waals surface area contributed by atoms with Crippen molar-refractivity contribution < 1.29 is 9.84 Å². The highest BCUT2D eigenvalue weighted by atomic mass is 16.5. The van der Waals surface area contributed by atoms with Gasteiger partial charge in [0.25, 0.3) is 0 Å². The van der Waals surface area contributed by atoms with Crippen molar-refractivity contribution in [1.29, 1.82) is 0 Å². The van der Waals surface area contributed by atoms with E-state index in [-0.39, 0.29) is 11.7 Å². The maximum absolute atomic E-state index is 9.76. The highest BCUT2D eigenvalue weighted by Gasteiger charge is 2.42. The summed E-state index contributed by atoms with van der Waals surface area (Å²) >= 11 is 0. The molecule has 18 heavy (non-hydrogen) atoms. The number of phenols is 1. The van der Waals surface area contributed by atoms with Gasteiger partial charge in [0, 0.05) is 19.0 Å². The molecule has 2 heterocycles. The SMILES string of the molecule is CN1CC[C@@H]2OC(C)(C)c3ccc(O)cc3[C@H]2C1. The lowest BCUT2D eigenvalue weighted by Crippen LogP contribution is -2.47. The first-order valence-electron chi connectivity index (χ1n) is 6.67. The minimum atomic E-state index is -0.250. The monoisotopic (exact) mass is 247 g/mol. The highest BCUT2D eigenvalue weighted by molar-refractivity contribution is 5.42. The molecule has 0 radical (unpaired) electrons. The summed E-state index contributed by atoms with van der Waals surface area (Å²) < 4.78 is 6.28. The predicted octanol–water partition coefficient (Wildman–Crippen LogP) is 2.45. The summed E-state index contributed by atoms with van der Waals surface area (Å²) in [6, 6.07) is 5.70. The summed E-state index contributed by atoms with van der Waals surface area (Å²) in [6.07, 6.45) is 1.35. The van der Waals surface area contributed by atoms with E-state index in [2.05, 4.69) is 25.8 Å². The van der Waals surface area contributed by atoms with Crippen molar-refractivity contribution in [2.75, 3.05) is 20.1 Å². The Morgan fingerprint density at radius 3 is 2.94 bits per heavy atom. The van der Waals surface area contributed by atoms with Crippen molar-refractivity contribution in [2.24, 2.45) is 0 Å². The van der Waals surface area contributed by atoms with Gasteiger partial charge in [-0.1, -0.05) is 6.07 Å². The molecule has 1 aromatic rings. The number of nitrogens with zero attached hydrogens (tertiary/aromatic N) is 1. The first-order valence-corrected chi connectivity index (χ1v) is 6.67. The molecule has 3 rings (SSSR count). The number of phenolic OH excluding ortho intramolecular Hbond substituents is 1. The number of likely N-dealkylation sites (N-methyl/N-ethyl adjacent to an activating group) is 1. The van der Waals surface area contributed by atoms with Crippen molar-refractivity contribution >= 4 is 0 Å². The average Bonchev–Trinajstić information content (AvgIpc) is 2.30. The molecule has 2 atom stereocenters. The third kappa shape index (κ3) is 1.82. The molecular formula is C15H21NO2. The van der Waals surface area contributed by atoms with Crippen LogP contribution in [0.3, 0.4) is 0 Å². The standard InChI is InChI=1S/C15H21NO2/c1-15(2)13-5-4-10(17)8-11(13)12-9-16(3)7-6-14(12)18-15/h4-5,8,12,14,17H,6-7,9H2,1-3H3/t12-,14+/m1/s1. The molecule has 98 valence electrons. The lowest BCUT2D eigenvalue weighted by Gasteiger charge is -2.47. The summed E-state index contributed by atoms with van der Waals surface area (Å²) in [6.45, 7) is 6.34. The molecular weight excluding hydrogens is 226 g/mol. The molecule has 0 spiro atoms. The maximum Gasteiger partial charge on any atom is 0.115 e. The smallest absolute Gasteiger partial charge is 0.115 e. The summed E-state index contributed by atoms with van der Waals surface area (Å²) in [7, 11) is 2.15. The van der Waals surface area contributed by atoms with Gasteiger partial charge in [-0.2, -0.15) is 0 Å². The molecule has 0 bridgehead atoms. The topological polar surface area (TPSA) is 32.7 Å². The molecule has 0 aliphatic carbocycles. The lowest BCUT2D eigenvalue weighted by molar-refractivity contribution is -0.118. The van der Waals surface area contributed by atoms with Crippen LogP contribution < -0.4 is 0 Å². The first-order chi connectivity index (χ1) is 8.47. The van der Waals surface area contributed by atoms with Crippen LogP contribution in [0, 0.1) is 0 Å². The number of hydrogen-bond acceptors (Lipinski definition) is 3. The van der Waals surface area contributed by atoms with Crippen LogP contribution in [-0.2, 0) is 10.3 Å². The second kappa shape index (κ2) is 3.97. The van der Waals surface area contributed by atoms with Crippen molar-refractivity contribution in [1.82, 2.24) is 4.90 Å². The zero-order valence-corrected chi connectivity index (χ0v) is 11.3. The Bertz CT molecular complexity index is 470. The van der Waals surface area contributed by atoms with Gasteiger partial charge in [0.05, 0.1) is 11.7 Å². The van der Waals surface area contributed by atoms with E-state index < -0.39 is 0 Å². The molecule has 0 amide bonds. The minimum absolute atomic E-state index is 0.250. The number of piperidine rings is 1. The molecule has 3 nitrogen and oxygen atoms in total. The van der Waals surface area contributed by atoms with Crippen LogP contribution in [-0.4, -0.2) is 36.2 Å². The molecule has 2 aliphatic heterocycles. The molecule has 0 unspecified atom stereocenters. The van der Waals surface area contributed by atoms with E-state index in [1.807, 2.05) is 12.1 Å². The van der Waals surface area contributed by atoms with E-state index in [1.165, 1.54) is 11.1 Å². The van der Waals surface area contributed by atoms with Crippen molar-refractivity contribution in [3.8, 4) is 5.75 Å². The van der Waals surface area contributed by atoms with Crippen LogP contribution in [0.2, 0.25) is 0 Å². The molecule has 1 N–H and O–H groups in total. The van der Waals surface area contributed by atoms with Crippen LogP contribution in [0.1, 0.15) is 37.3 Å². The lowest BCUT2D eigenvalue weighted by atomic mass is 9.77. The highest BCUT2D eigenvalue weighted by Crippen LogP contribution is 2.45. The van der Waals surface area contributed by atoms with Gasteiger partial charge in [0.15, 0.2) is 0 Å². The van der Waals surface area contributed by atoms with Gasteiger partial charge in [-0.25, -0.2) is 0 Å². The van der Waals surface area contributed by atoms with Gasteiger partial charge < -0.3 is 14.7 Å². The van der Waals surface area contributed by atoms with Crippen molar-refractivity contribution in [3.05, 3.63) is 29.3 Å². The molecule has 2 aliphatic rings. The minimum Gasteiger partial charge on any atom is -0.508 e. The Hall–Kier alpha value is -1.06. The van der Waals surface area contributed by atoms with Gasteiger partial charge >= 0.3 is 0 Å². The largest absolute Gasteiger partial charge is 0.508 e. The molecule has 0 aromatic heterocycles. The third-order valence-corrected chi connectivity index (χ3v) is 4.28. The van der Waals surface area contributed by atoms with Crippen LogP contribution >= 0.6 is 0 Å². The van der Waals surface area contributed by atoms with Gasteiger partial charge in [0.1, 0.15) is 5.75 Å². The summed E-state index contributed by atoms with van der Waals surface area (Å²) in [5.41, 5.74) is 2.24. The molecule has 1 saturated heterocycles. The van der Waals surface area contributed by atoms with Gasteiger partial charge in [0.2, 0.25) is 0 Å². The Morgan fingerprint density at radius 2 is 2.17 bits per heavy atom. The second-order valence-corrected chi connectivity index (χ2v) is 6.10. The van der Waals surface area contributed by atoms with Crippen molar-refractivity contribution in [3.63, 3.8) is 0 Å². The fourth-order valence-corrected chi connectivity index (χ4v) is 3.38. The number of likely N-dealkylation sites (tertiary alicyclic amines) is 1. The average molecular weight is 247 g/mol. The van der Waals surface area contributed by atoms with Crippen LogP contribution in [0.25, 0.3) is 0 Å². The zero-order chi connectivity index (χ0) is 12.9. The fourth-order valence-electron chi connectivity index (χ4n) is 3.38. The normalized spacial score (nSPS) is 30.6. The van der Waals surface area contributed by atoms with E-state index in [4.69, 9.17) is 4.74 Å². The summed E-state index contributed by atoms with van der Waals surface area (Å²) in [5.74, 6) is 0.748. The van der Waals surface area contributed by atoms with Gasteiger partial charge in [-0.3, -0.25) is 0 Å². The Kier molecular flexibility index (Phi) is 2.65. The first kappa shape index (κ1) is 12.0. The second-order valence-electron chi connectivity index (χ2n) is 6.10. The summed E-state index contributed by atoms with van der Waals surface area (Å²) in [5, 5.41) is 9.76. The van der Waals surface area contributed by atoms with E-state index in [0.29, 0.717) is 11.7 Å². The summed E-state index contributed by atoms with van der Waals surface area (Å²) in [4.78, 5) is 2.34. The number of ether oxygens (including phenoxy) is 1. The molecule has 3 heteroatoms. The number of rotatable bonds is 0. The number of aromatic hydroxyl groups is 1. The third-order valence-electron chi connectivity index (χ3n) is 4.28. The van der Waals surface area contributed by atoms with E-state index >= 15 is 0 Å².